The lowest BCUT2D eigenvalue weighted by Crippen LogP contribution is -2.06. The summed E-state index contributed by atoms with van der Waals surface area (Å²) in [6, 6.07) is 11.0. The van der Waals surface area contributed by atoms with E-state index in [9.17, 15) is 4.79 Å². The molecule has 0 N–H and O–H groups in total. The lowest BCUT2D eigenvalue weighted by Gasteiger charge is -2.06. The Morgan fingerprint density at radius 2 is 2.06 bits per heavy atom. The summed E-state index contributed by atoms with van der Waals surface area (Å²) in [6.45, 7) is 0.236. The van der Waals surface area contributed by atoms with Crippen molar-refractivity contribution in [1.29, 1.82) is 0 Å². The van der Waals surface area contributed by atoms with Gasteiger partial charge < -0.3 is 4.74 Å². The van der Waals surface area contributed by atoms with E-state index in [0.717, 1.165) is 10.0 Å². The zero-order valence-corrected chi connectivity index (χ0v) is 12.4. The van der Waals surface area contributed by atoms with E-state index in [4.69, 9.17) is 4.74 Å². The molecule has 1 aromatic heterocycles. The molecular weight excluding hydrogens is 362 g/mol. The molecule has 2 rings (SSSR count). The number of carbonyl (C=O) groups is 1. The maximum absolute atomic E-state index is 11.8. The predicted octanol–water partition coefficient (Wildman–Crippen LogP) is 3.96. The molecular formula is C13H9Br2NO2. The fourth-order valence-corrected chi connectivity index (χ4v) is 2.25. The van der Waals surface area contributed by atoms with Gasteiger partial charge in [-0.05, 0) is 45.8 Å². The molecule has 0 aliphatic carbocycles. The van der Waals surface area contributed by atoms with E-state index in [0.29, 0.717) is 10.2 Å². The average molecular weight is 371 g/mol. The molecule has 0 aliphatic rings. The first kappa shape index (κ1) is 13.2. The molecule has 18 heavy (non-hydrogen) atoms. The number of benzene rings is 1. The van der Waals surface area contributed by atoms with Crippen LogP contribution in [-0.4, -0.2) is 11.0 Å². The summed E-state index contributed by atoms with van der Waals surface area (Å²) in [6.07, 6.45) is 1.61. The van der Waals surface area contributed by atoms with Gasteiger partial charge in [-0.25, -0.2) is 9.78 Å². The van der Waals surface area contributed by atoms with E-state index in [2.05, 4.69) is 36.8 Å². The van der Waals surface area contributed by atoms with Crippen molar-refractivity contribution in [3.8, 4) is 0 Å². The smallest absolute Gasteiger partial charge is 0.341 e. The highest BCUT2D eigenvalue weighted by molar-refractivity contribution is 9.10. The summed E-state index contributed by atoms with van der Waals surface area (Å²) in [5.74, 6) is -0.394. The minimum Gasteiger partial charge on any atom is -0.457 e. The summed E-state index contributed by atoms with van der Waals surface area (Å²) in [5.41, 5.74) is 1.35. The number of nitrogens with zero attached hydrogens (tertiary/aromatic N) is 1. The summed E-state index contributed by atoms with van der Waals surface area (Å²) >= 11 is 6.58. The van der Waals surface area contributed by atoms with Crippen LogP contribution in [0.25, 0.3) is 0 Å². The molecule has 0 unspecified atom stereocenters. The van der Waals surface area contributed by atoms with E-state index in [1.807, 2.05) is 24.3 Å². The van der Waals surface area contributed by atoms with Gasteiger partial charge in [0, 0.05) is 10.7 Å². The molecule has 0 spiro atoms. The minimum atomic E-state index is -0.394. The summed E-state index contributed by atoms with van der Waals surface area (Å²) in [7, 11) is 0. The number of hydrogen-bond donors (Lipinski definition) is 0. The van der Waals surface area contributed by atoms with E-state index in [1.165, 1.54) is 0 Å². The van der Waals surface area contributed by atoms with E-state index < -0.39 is 5.97 Å². The minimum absolute atomic E-state index is 0.236. The van der Waals surface area contributed by atoms with Gasteiger partial charge in [0.1, 0.15) is 11.2 Å². The number of aromatic nitrogens is 1. The van der Waals surface area contributed by atoms with Gasteiger partial charge >= 0.3 is 5.97 Å². The molecule has 3 nitrogen and oxygen atoms in total. The van der Waals surface area contributed by atoms with Crippen molar-refractivity contribution in [2.75, 3.05) is 0 Å². The van der Waals surface area contributed by atoms with Gasteiger partial charge in [0.15, 0.2) is 0 Å². The molecule has 0 fully saturated rings. The molecule has 0 bridgehead atoms. The van der Waals surface area contributed by atoms with Gasteiger partial charge in [0.05, 0.1) is 5.56 Å². The highest BCUT2D eigenvalue weighted by atomic mass is 79.9. The number of carbonyl (C=O) groups excluding carboxylic acids is 1. The van der Waals surface area contributed by atoms with Crippen molar-refractivity contribution in [1.82, 2.24) is 4.98 Å². The van der Waals surface area contributed by atoms with Gasteiger partial charge in [-0.2, -0.15) is 0 Å². The van der Waals surface area contributed by atoms with Gasteiger partial charge in [-0.1, -0.05) is 28.1 Å². The Morgan fingerprint density at radius 1 is 1.22 bits per heavy atom. The summed E-state index contributed by atoms with van der Waals surface area (Å²) in [4.78, 5) is 15.8. The average Bonchev–Trinajstić information content (AvgIpc) is 2.37. The van der Waals surface area contributed by atoms with Crippen LogP contribution in [0.3, 0.4) is 0 Å². The van der Waals surface area contributed by atoms with Gasteiger partial charge in [0.2, 0.25) is 0 Å². The zero-order valence-electron chi connectivity index (χ0n) is 9.27. The Hall–Kier alpha value is -1.20. The number of pyridine rings is 1. The van der Waals surface area contributed by atoms with Crippen LogP contribution >= 0.6 is 31.9 Å². The SMILES string of the molecule is O=C(OCc1cccc(Br)c1)c1cccnc1Br. The first-order valence-electron chi connectivity index (χ1n) is 5.19. The van der Waals surface area contributed by atoms with Crippen molar-refractivity contribution in [3.05, 3.63) is 62.8 Å². The van der Waals surface area contributed by atoms with E-state index in [-0.39, 0.29) is 6.61 Å². The largest absolute Gasteiger partial charge is 0.457 e. The zero-order chi connectivity index (χ0) is 13.0. The number of rotatable bonds is 3. The molecule has 0 saturated carbocycles. The lowest BCUT2D eigenvalue weighted by atomic mass is 10.2. The Kier molecular flexibility index (Phi) is 4.49. The second-order valence-corrected chi connectivity index (χ2v) is 5.21. The van der Waals surface area contributed by atoms with Crippen molar-refractivity contribution < 1.29 is 9.53 Å². The fraction of sp³-hybridized carbons (Fsp3) is 0.0769. The van der Waals surface area contributed by atoms with Crippen LogP contribution in [0.5, 0.6) is 0 Å². The van der Waals surface area contributed by atoms with Crippen LogP contribution in [0.1, 0.15) is 15.9 Å². The molecule has 5 heteroatoms. The second kappa shape index (κ2) is 6.11. The maximum Gasteiger partial charge on any atom is 0.341 e. The van der Waals surface area contributed by atoms with E-state index >= 15 is 0 Å². The highest BCUT2D eigenvalue weighted by Gasteiger charge is 2.11. The summed E-state index contributed by atoms with van der Waals surface area (Å²) < 4.78 is 6.67. The van der Waals surface area contributed by atoms with Crippen LogP contribution < -0.4 is 0 Å². The standard InChI is InChI=1S/C13H9Br2NO2/c14-10-4-1-3-9(7-10)8-18-13(17)11-5-2-6-16-12(11)15/h1-7H,8H2. The van der Waals surface area contributed by atoms with Gasteiger partial charge in [-0.15, -0.1) is 0 Å². The van der Waals surface area contributed by atoms with E-state index in [1.54, 1.807) is 18.3 Å². The highest BCUT2D eigenvalue weighted by Crippen LogP contribution is 2.16. The van der Waals surface area contributed by atoms with Gasteiger partial charge in [-0.3, -0.25) is 0 Å². The summed E-state index contributed by atoms with van der Waals surface area (Å²) in [5, 5.41) is 0. The second-order valence-electron chi connectivity index (χ2n) is 3.55. The number of ether oxygens (including phenoxy) is 1. The van der Waals surface area contributed by atoms with Crippen LogP contribution in [0, 0.1) is 0 Å². The molecule has 0 atom stereocenters. The predicted molar refractivity (Wildman–Crippen MR) is 75.2 cm³/mol. The molecule has 2 aromatic rings. The van der Waals surface area contributed by atoms with Crippen LogP contribution in [0.15, 0.2) is 51.7 Å². The Balaban J connectivity index is 2.03. The molecule has 0 saturated heterocycles. The van der Waals surface area contributed by atoms with Crippen LogP contribution in [0.2, 0.25) is 0 Å². The quantitative estimate of drug-likeness (QED) is 0.606. The van der Waals surface area contributed by atoms with Crippen LogP contribution in [-0.2, 0) is 11.3 Å². The number of halogens is 2. The molecule has 0 aliphatic heterocycles. The van der Waals surface area contributed by atoms with Crippen molar-refractivity contribution >= 4 is 37.8 Å². The lowest BCUT2D eigenvalue weighted by molar-refractivity contribution is 0.0471. The van der Waals surface area contributed by atoms with Crippen molar-refractivity contribution in [2.45, 2.75) is 6.61 Å². The number of esters is 1. The van der Waals surface area contributed by atoms with Crippen molar-refractivity contribution in [3.63, 3.8) is 0 Å². The Bertz CT molecular complexity index is 572. The third-order valence-electron chi connectivity index (χ3n) is 2.24. The van der Waals surface area contributed by atoms with Gasteiger partial charge in [0.25, 0.3) is 0 Å². The van der Waals surface area contributed by atoms with Crippen LogP contribution in [0.4, 0.5) is 0 Å². The Morgan fingerprint density at radius 3 is 2.78 bits per heavy atom. The molecule has 0 radical (unpaired) electrons. The fourth-order valence-electron chi connectivity index (χ4n) is 1.39. The molecule has 1 aromatic carbocycles. The first-order valence-corrected chi connectivity index (χ1v) is 6.77. The molecule has 0 amide bonds. The third-order valence-corrected chi connectivity index (χ3v) is 3.36. The molecule has 1 heterocycles. The third kappa shape index (κ3) is 3.40. The normalized spacial score (nSPS) is 10.1. The maximum atomic E-state index is 11.8. The topological polar surface area (TPSA) is 39.2 Å². The monoisotopic (exact) mass is 369 g/mol. The molecule has 92 valence electrons. The Labute approximate surface area is 121 Å². The first-order chi connectivity index (χ1) is 8.66. The number of hydrogen-bond acceptors (Lipinski definition) is 3. The van der Waals surface area contributed by atoms with Crippen molar-refractivity contribution in [2.24, 2.45) is 0 Å².